The minimum Gasteiger partial charge on any atom is -0.342 e. The van der Waals surface area contributed by atoms with E-state index in [0.29, 0.717) is 5.56 Å². The fraction of sp³-hybridized carbons (Fsp3) is 0.0833. The lowest BCUT2D eigenvalue weighted by Gasteiger charge is -2.08. The van der Waals surface area contributed by atoms with Crippen LogP contribution in [-0.2, 0) is 6.54 Å². The number of para-hydroxylation sites is 1. The molecule has 29 heavy (non-hydrogen) atoms. The number of fused-ring (bicyclic) bond motifs is 1. The zero-order chi connectivity index (χ0) is 20.2. The Labute approximate surface area is 168 Å². The van der Waals surface area contributed by atoms with Gasteiger partial charge in [0.15, 0.2) is 0 Å². The number of benzene rings is 3. The summed E-state index contributed by atoms with van der Waals surface area (Å²) in [5, 5.41) is 5.15. The van der Waals surface area contributed by atoms with E-state index >= 15 is 0 Å². The predicted octanol–water partition coefficient (Wildman–Crippen LogP) is 4.90. The van der Waals surface area contributed by atoms with Crippen LogP contribution >= 0.6 is 0 Å². The first kappa shape index (κ1) is 18.6. The standard InChI is InChI=1S/C24H20FN3O/c1-17-6-2-3-7-19(17)15-28-16-20(22-8-4-5-9-23(22)28)14-26-27-24(29)18-10-12-21(25)13-11-18/h2-14,16H,15H2,1H3,(H,27,29)/b26-14-. The van der Waals surface area contributed by atoms with Gasteiger partial charge in [-0.1, -0.05) is 42.5 Å². The van der Waals surface area contributed by atoms with E-state index in [9.17, 15) is 9.18 Å². The zero-order valence-corrected chi connectivity index (χ0v) is 16.0. The molecule has 0 aliphatic carbocycles. The summed E-state index contributed by atoms with van der Waals surface area (Å²) in [7, 11) is 0. The largest absolute Gasteiger partial charge is 0.342 e. The third-order valence-electron chi connectivity index (χ3n) is 4.90. The van der Waals surface area contributed by atoms with E-state index in [-0.39, 0.29) is 11.7 Å². The molecule has 5 heteroatoms. The molecule has 1 aromatic heterocycles. The maximum atomic E-state index is 13.0. The number of rotatable bonds is 5. The summed E-state index contributed by atoms with van der Waals surface area (Å²) in [5.41, 5.74) is 7.35. The maximum absolute atomic E-state index is 13.0. The number of aromatic nitrogens is 1. The first-order valence-corrected chi connectivity index (χ1v) is 9.33. The smallest absolute Gasteiger partial charge is 0.271 e. The van der Waals surface area contributed by atoms with Crippen molar-refractivity contribution in [2.75, 3.05) is 0 Å². The molecule has 0 spiro atoms. The first-order valence-electron chi connectivity index (χ1n) is 9.33. The van der Waals surface area contributed by atoms with Crippen LogP contribution in [0.15, 0.2) is 84.1 Å². The number of hydrazone groups is 1. The number of carbonyl (C=O) groups is 1. The first-order chi connectivity index (χ1) is 14.1. The number of aryl methyl sites for hydroxylation is 1. The van der Waals surface area contributed by atoms with Gasteiger partial charge in [0, 0.05) is 34.8 Å². The fourth-order valence-electron chi connectivity index (χ4n) is 3.31. The Hall–Kier alpha value is -3.73. The molecule has 1 N–H and O–H groups in total. The second-order valence-electron chi connectivity index (χ2n) is 6.86. The molecule has 0 radical (unpaired) electrons. The van der Waals surface area contributed by atoms with Gasteiger partial charge in [0.25, 0.3) is 5.91 Å². The van der Waals surface area contributed by atoms with Crippen LogP contribution in [0.5, 0.6) is 0 Å². The van der Waals surface area contributed by atoms with Gasteiger partial charge in [-0.3, -0.25) is 4.79 Å². The van der Waals surface area contributed by atoms with Crippen molar-refractivity contribution >= 4 is 23.0 Å². The van der Waals surface area contributed by atoms with Gasteiger partial charge in [0.1, 0.15) is 5.82 Å². The molecule has 4 aromatic rings. The van der Waals surface area contributed by atoms with Crippen LogP contribution in [0.2, 0.25) is 0 Å². The van der Waals surface area contributed by atoms with E-state index in [1.807, 2.05) is 36.5 Å². The summed E-state index contributed by atoms with van der Waals surface area (Å²) in [6.45, 7) is 2.86. The summed E-state index contributed by atoms with van der Waals surface area (Å²) < 4.78 is 15.2. The van der Waals surface area contributed by atoms with Crippen LogP contribution < -0.4 is 5.43 Å². The highest BCUT2D eigenvalue weighted by Gasteiger charge is 2.09. The third-order valence-corrected chi connectivity index (χ3v) is 4.90. The fourth-order valence-corrected chi connectivity index (χ4v) is 3.31. The Kier molecular flexibility index (Phi) is 5.20. The normalized spacial score (nSPS) is 11.2. The Bertz CT molecular complexity index is 1190. The zero-order valence-electron chi connectivity index (χ0n) is 16.0. The van der Waals surface area contributed by atoms with Gasteiger partial charge in [-0.15, -0.1) is 0 Å². The van der Waals surface area contributed by atoms with E-state index in [0.717, 1.165) is 23.0 Å². The van der Waals surface area contributed by atoms with Crippen molar-refractivity contribution in [3.8, 4) is 0 Å². The molecule has 0 aliphatic rings. The Morgan fingerprint density at radius 1 is 1.03 bits per heavy atom. The molecule has 0 saturated heterocycles. The molecule has 1 heterocycles. The lowest BCUT2D eigenvalue weighted by Crippen LogP contribution is -2.17. The monoisotopic (exact) mass is 385 g/mol. The van der Waals surface area contributed by atoms with Crippen molar-refractivity contribution in [3.63, 3.8) is 0 Å². The number of nitrogens with one attached hydrogen (secondary N) is 1. The van der Waals surface area contributed by atoms with Gasteiger partial charge in [-0.25, -0.2) is 9.82 Å². The van der Waals surface area contributed by atoms with Crippen molar-refractivity contribution in [3.05, 3.63) is 107 Å². The van der Waals surface area contributed by atoms with Crippen LogP contribution in [0, 0.1) is 12.7 Å². The van der Waals surface area contributed by atoms with Gasteiger partial charge in [-0.2, -0.15) is 5.10 Å². The van der Waals surface area contributed by atoms with Crippen molar-refractivity contribution in [1.82, 2.24) is 9.99 Å². The Morgan fingerprint density at radius 3 is 2.55 bits per heavy atom. The van der Waals surface area contributed by atoms with Crippen LogP contribution in [0.1, 0.15) is 27.0 Å². The van der Waals surface area contributed by atoms with E-state index < -0.39 is 0 Å². The van der Waals surface area contributed by atoms with E-state index in [1.165, 1.54) is 35.4 Å². The predicted molar refractivity (Wildman–Crippen MR) is 114 cm³/mol. The average molecular weight is 385 g/mol. The second-order valence-corrected chi connectivity index (χ2v) is 6.86. The average Bonchev–Trinajstić information content (AvgIpc) is 3.08. The Balaban J connectivity index is 1.57. The molecule has 144 valence electrons. The lowest BCUT2D eigenvalue weighted by atomic mass is 10.1. The summed E-state index contributed by atoms with van der Waals surface area (Å²) in [5.74, 6) is -0.767. The van der Waals surface area contributed by atoms with Gasteiger partial charge in [0.2, 0.25) is 0 Å². The summed E-state index contributed by atoms with van der Waals surface area (Å²) in [6, 6.07) is 21.8. The van der Waals surface area contributed by atoms with Crippen LogP contribution in [0.25, 0.3) is 10.9 Å². The number of nitrogens with zero attached hydrogens (tertiary/aromatic N) is 2. The SMILES string of the molecule is Cc1ccccc1Cn1cc(/C=N\NC(=O)c2ccc(F)cc2)c2ccccc21. The number of halogens is 1. The highest BCUT2D eigenvalue weighted by molar-refractivity contribution is 6.00. The molecular weight excluding hydrogens is 365 g/mol. The van der Waals surface area contributed by atoms with Gasteiger partial charge < -0.3 is 4.57 Å². The molecular formula is C24H20FN3O. The number of hydrogen-bond acceptors (Lipinski definition) is 2. The van der Waals surface area contributed by atoms with Gasteiger partial charge in [0.05, 0.1) is 6.21 Å². The van der Waals surface area contributed by atoms with Crippen molar-refractivity contribution in [1.29, 1.82) is 0 Å². The van der Waals surface area contributed by atoms with Crippen molar-refractivity contribution in [2.45, 2.75) is 13.5 Å². The molecule has 1 amide bonds. The number of carbonyl (C=O) groups excluding carboxylic acids is 1. The molecule has 4 nitrogen and oxygen atoms in total. The number of hydrogen-bond donors (Lipinski definition) is 1. The highest BCUT2D eigenvalue weighted by atomic mass is 19.1. The third kappa shape index (κ3) is 4.09. The van der Waals surface area contributed by atoms with Crippen LogP contribution in [0.4, 0.5) is 4.39 Å². The minimum absolute atomic E-state index is 0.352. The molecule has 0 unspecified atom stereocenters. The highest BCUT2D eigenvalue weighted by Crippen LogP contribution is 2.22. The quantitative estimate of drug-likeness (QED) is 0.385. The van der Waals surface area contributed by atoms with Crippen LogP contribution in [0.3, 0.4) is 0 Å². The summed E-state index contributed by atoms with van der Waals surface area (Å²) in [4.78, 5) is 12.1. The molecule has 0 aliphatic heterocycles. The summed E-state index contributed by atoms with van der Waals surface area (Å²) >= 11 is 0. The Morgan fingerprint density at radius 2 is 1.76 bits per heavy atom. The van der Waals surface area contributed by atoms with E-state index in [2.05, 4.69) is 40.2 Å². The maximum Gasteiger partial charge on any atom is 0.271 e. The second kappa shape index (κ2) is 8.10. The van der Waals surface area contributed by atoms with Crippen molar-refractivity contribution < 1.29 is 9.18 Å². The van der Waals surface area contributed by atoms with Gasteiger partial charge in [-0.05, 0) is 48.4 Å². The lowest BCUT2D eigenvalue weighted by molar-refractivity contribution is 0.0955. The van der Waals surface area contributed by atoms with Crippen LogP contribution in [-0.4, -0.2) is 16.7 Å². The molecule has 3 aromatic carbocycles. The topological polar surface area (TPSA) is 46.4 Å². The van der Waals surface area contributed by atoms with E-state index in [4.69, 9.17) is 0 Å². The molecule has 0 saturated carbocycles. The van der Waals surface area contributed by atoms with Crippen molar-refractivity contribution in [2.24, 2.45) is 5.10 Å². The molecule has 0 bridgehead atoms. The molecule has 0 atom stereocenters. The van der Waals surface area contributed by atoms with E-state index in [1.54, 1.807) is 6.21 Å². The summed E-state index contributed by atoms with van der Waals surface area (Å²) in [6.07, 6.45) is 3.67. The number of amides is 1. The minimum atomic E-state index is -0.384. The van der Waals surface area contributed by atoms with Gasteiger partial charge >= 0.3 is 0 Å². The molecule has 0 fully saturated rings. The molecule has 4 rings (SSSR count).